The van der Waals surface area contributed by atoms with Crippen molar-refractivity contribution in [3.05, 3.63) is 34.7 Å². The Labute approximate surface area is 110 Å². The van der Waals surface area contributed by atoms with Crippen LogP contribution in [-0.4, -0.2) is 32.7 Å². The predicted octanol–water partition coefficient (Wildman–Crippen LogP) is 0.217. The topological polar surface area (TPSA) is 87.1 Å². The van der Waals surface area contributed by atoms with Crippen molar-refractivity contribution in [3.63, 3.8) is 0 Å². The van der Waals surface area contributed by atoms with Gasteiger partial charge in [-0.2, -0.15) is 0 Å². The zero-order valence-corrected chi connectivity index (χ0v) is 10.9. The number of hydrogen-bond acceptors (Lipinski definition) is 3. The molecule has 0 bridgehead atoms. The number of nitrogens with zero attached hydrogens (tertiary/aromatic N) is 1. The van der Waals surface area contributed by atoms with Gasteiger partial charge in [0.2, 0.25) is 5.91 Å². The van der Waals surface area contributed by atoms with Crippen molar-refractivity contribution in [2.24, 2.45) is 0 Å². The molecular formula is C13H17N3O3. The van der Waals surface area contributed by atoms with E-state index in [0.717, 1.165) is 0 Å². The number of fused-ring (bicyclic) bond motifs is 1. The van der Waals surface area contributed by atoms with Crippen LogP contribution in [0.5, 0.6) is 0 Å². The fourth-order valence-electron chi connectivity index (χ4n) is 1.86. The molecule has 102 valence electrons. The number of rotatable bonds is 4. The lowest BCUT2D eigenvalue weighted by Crippen LogP contribution is -2.48. The van der Waals surface area contributed by atoms with Crippen molar-refractivity contribution in [2.75, 3.05) is 6.61 Å². The van der Waals surface area contributed by atoms with Gasteiger partial charge in [0.1, 0.15) is 6.54 Å². The van der Waals surface area contributed by atoms with Crippen molar-refractivity contribution in [3.8, 4) is 0 Å². The molecule has 6 heteroatoms. The van der Waals surface area contributed by atoms with Crippen LogP contribution in [0.2, 0.25) is 0 Å². The molecule has 1 aromatic carbocycles. The maximum atomic E-state index is 11.9. The highest BCUT2D eigenvalue weighted by Crippen LogP contribution is 2.09. The zero-order valence-electron chi connectivity index (χ0n) is 10.9. The molecule has 2 aromatic rings. The van der Waals surface area contributed by atoms with Gasteiger partial charge in [-0.05, 0) is 26.0 Å². The number of benzene rings is 1. The standard InChI is InChI=1S/C13H17N3O3/c1-13(2,8-17)15-11(18)7-16-10-6-4-3-5-9(10)14-12(16)19/h3-6,17H,7-8H2,1-2H3,(H,14,19)(H,15,18). The van der Waals surface area contributed by atoms with Gasteiger partial charge in [0, 0.05) is 0 Å². The second-order valence-electron chi connectivity index (χ2n) is 5.12. The van der Waals surface area contributed by atoms with E-state index in [1.165, 1.54) is 4.57 Å². The van der Waals surface area contributed by atoms with Crippen molar-refractivity contribution >= 4 is 16.9 Å². The minimum Gasteiger partial charge on any atom is -0.394 e. The van der Waals surface area contributed by atoms with Crippen LogP contribution in [0.1, 0.15) is 13.8 Å². The fraction of sp³-hybridized carbons (Fsp3) is 0.385. The summed E-state index contributed by atoms with van der Waals surface area (Å²) in [4.78, 5) is 26.4. The first-order valence-corrected chi connectivity index (χ1v) is 6.02. The highest BCUT2D eigenvalue weighted by atomic mass is 16.3. The van der Waals surface area contributed by atoms with Gasteiger partial charge in [0.05, 0.1) is 23.2 Å². The average molecular weight is 263 g/mol. The van der Waals surface area contributed by atoms with Gasteiger partial charge in [-0.1, -0.05) is 12.1 Å². The molecule has 2 rings (SSSR count). The number of aliphatic hydroxyl groups excluding tert-OH is 1. The summed E-state index contributed by atoms with van der Waals surface area (Å²) < 4.78 is 1.37. The largest absolute Gasteiger partial charge is 0.394 e. The Kier molecular flexibility index (Phi) is 3.44. The highest BCUT2D eigenvalue weighted by molar-refractivity contribution is 5.80. The van der Waals surface area contributed by atoms with Crippen LogP contribution in [0.15, 0.2) is 29.1 Å². The number of nitrogens with one attached hydrogen (secondary N) is 2. The number of para-hydroxylation sites is 2. The van der Waals surface area contributed by atoms with Gasteiger partial charge in [-0.3, -0.25) is 9.36 Å². The van der Waals surface area contributed by atoms with E-state index in [-0.39, 0.29) is 24.7 Å². The van der Waals surface area contributed by atoms with E-state index in [0.29, 0.717) is 11.0 Å². The van der Waals surface area contributed by atoms with Gasteiger partial charge in [-0.25, -0.2) is 4.79 Å². The zero-order chi connectivity index (χ0) is 14.0. The smallest absolute Gasteiger partial charge is 0.326 e. The van der Waals surface area contributed by atoms with Crippen LogP contribution in [0.25, 0.3) is 11.0 Å². The average Bonchev–Trinajstić information content (AvgIpc) is 2.66. The molecule has 0 aliphatic heterocycles. The maximum Gasteiger partial charge on any atom is 0.326 e. The second kappa shape index (κ2) is 4.89. The van der Waals surface area contributed by atoms with Gasteiger partial charge < -0.3 is 15.4 Å². The molecule has 0 aliphatic carbocycles. The predicted molar refractivity (Wildman–Crippen MR) is 71.9 cm³/mol. The minimum atomic E-state index is -0.702. The summed E-state index contributed by atoms with van der Waals surface area (Å²) in [6, 6.07) is 7.18. The number of carbonyl (C=O) groups is 1. The molecule has 0 saturated heterocycles. The summed E-state index contributed by atoms with van der Waals surface area (Å²) >= 11 is 0. The molecule has 0 saturated carbocycles. The molecule has 19 heavy (non-hydrogen) atoms. The lowest BCUT2D eigenvalue weighted by Gasteiger charge is -2.23. The third kappa shape index (κ3) is 2.85. The minimum absolute atomic E-state index is 0.0771. The molecule has 0 radical (unpaired) electrons. The number of H-pyrrole nitrogens is 1. The Bertz CT molecular complexity index is 654. The van der Waals surface area contributed by atoms with E-state index >= 15 is 0 Å². The summed E-state index contributed by atoms with van der Waals surface area (Å²) in [5.74, 6) is -0.314. The number of aliphatic hydroxyl groups is 1. The van der Waals surface area contributed by atoms with Crippen LogP contribution in [0.4, 0.5) is 0 Å². The SMILES string of the molecule is CC(C)(CO)NC(=O)Cn1c(=O)[nH]c2ccccc21. The highest BCUT2D eigenvalue weighted by Gasteiger charge is 2.20. The molecule has 1 aromatic heterocycles. The van der Waals surface area contributed by atoms with E-state index in [9.17, 15) is 9.59 Å². The first kappa shape index (κ1) is 13.4. The number of carbonyl (C=O) groups excluding carboxylic acids is 1. The number of aromatic amines is 1. The molecule has 6 nitrogen and oxygen atoms in total. The van der Waals surface area contributed by atoms with E-state index in [4.69, 9.17) is 5.11 Å². The van der Waals surface area contributed by atoms with Crippen molar-refractivity contribution < 1.29 is 9.90 Å². The quantitative estimate of drug-likeness (QED) is 0.737. The number of aromatic nitrogens is 2. The summed E-state index contributed by atoms with van der Waals surface area (Å²) in [5, 5.41) is 11.8. The summed E-state index contributed by atoms with van der Waals surface area (Å²) in [7, 11) is 0. The molecule has 1 amide bonds. The summed E-state index contributed by atoms with van der Waals surface area (Å²) in [6.07, 6.45) is 0. The number of hydrogen-bond donors (Lipinski definition) is 3. The third-order valence-corrected chi connectivity index (χ3v) is 2.86. The normalized spacial score (nSPS) is 11.7. The van der Waals surface area contributed by atoms with Crippen LogP contribution < -0.4 is 11.0 Å². The first-order valence-electron chi connectivity index (χ1n) is 6.02. The lowest BCUT2D eigenvalue weighted by atomic mass is 10.1. The molecular weight excluding hydrogens is 246 g/mol. The molecule has 0 unspecified atom stereocenters. The van der Waals surface area contributed by atoms with Crippen molar-refractivity contribution in [2.45, 2.75) is 25.9 Å². The lowest BCUT2D eigenvalue weighted by molar-refractivity contribution is -0.123. The van der Waals surface area contributed by atoms with Gasteiger partial charge in [-0.15, -0.1) is 0 Å². The van der Waals surface area contributed by atoms with Gasteiger partial charge in [0.25, 0.3) is 0 Å². The molecule has 0 spiro atoms. The number of amides is 1. The Balaban J connectivity index is 2.24. The van der Waals surface area contributed by atoms with Crippen LogP contribution in [0, 0.1) is 0 Å². The molecule has 0 aliphatic rings. The fourth-order valence-corrected chi connectivity index (χ4v) is 1.86. The van der Waals surface area contributed by atoms with Gasteiger partial charge >= 0.3 is 5.69 Å². The van der Waals surface area contributed by atoms with Crippen LogP contribution in [-0.2, 0) is 11.3 Å². The van der Waals surface area contributed by atoms with E-state index in [2.05, 4.69) is 10.3 Å². The molecule has 1 heterocycles. The monoisotopic (exact) mass is 263 g/mol. The number of imidazole rings is 1. The van der Waals surface area contributed by atoms with E-state index < -0.39 is 5.54 Å². The second-order valence-corrected chi connectivity index (χ2v) is 5.12. The Hall–Kier alpha value is -2.08. The van der Waals surface area contributed by atoms with Crippen molar-refractivity contribution in [1.29, 1.82) is 0 Å². The van der Waals surface area contributed by atoms with Crippen LogP contribution in [0.3, 0.4) is 0 Å². The maximum absolute atomic E-state index is 11.9. The Morgan fingerprint density at radius 2 is 2.11 bits per heavy atom. The molecule has 3 N–H and O–H groups in total. The first-order chi connectivity index (χ1) is 8.93. The molecule has 0 atom stereocenters. The van der Waals surface area contributed by atoms with Crippen molar-refractivity contribution in [1.82, 2.24) is 14.9 Å². The van der Waals surface area contributed by atoms with E-state index in [1.807, 2.05) is 12.1 Å². The van der Waals surface area contributed by atoms with Gasteiger partial charge in [0.15, 0.2) is 0 Å². The van der Waals surface area contributed by atoms with E-state index in [1.54, 1.807) is 26.0 Å². The molecule has 0 fully saturated rings. The summed E-state index contributed by atoms with van der Waals surface area (Å²) in [5.41, 5.74) is 0.358. The summed E-state index contributed by atoms with van der Waals surface area (Å²) in [6.45, 7) is 3.18. The Morgan fingerprint density at radius 1 is 1.42 bits per heavy atom. The third-order valence-electron chi connectivity index (χ3n) is 2.86. The van der Waals surface area contributed by atoms with Crippen LogP contribution >= 0.6 is 0 Å². The Morgan fingerprint density at radius 3 is 2.79 bits per heavy atom.